The molecule has 0 aromatic rings. The summed E-state index contributed by atoms with van der Waals surface area (Å²) < 4.78 is 0. The Morgan fingerprint density at radius 1 is 1.00 bits per heavy atom. The molecular weight excluding hydrogens is 170 g/mol. The fourth-order valence-electron chi connectivity index (χ4n) is 3.66. The SMILES string of the molecule is CC(C)(C)CC12CCCCN1CCC2. The molecule has 0 radical (unpaired) electrons. The molecular formula is C13H25N. The molecule has 0 amide bonds. The molecule has 0 aromatic heterocycles. The lowest BCUT2D eigenvalue weighted by Gasteiger charge is -2.46. The standard InChI is InChI=1S/C13H25N/c1-12(2,3)11-13-7-4-5-9-14(13)10-6-8-13/h4-11H2,1-3H3. The summed E-state index contributed by atoms with van der Waals surface area (Å²) in [6.07, 6.45) is 8.67. The van der Waals surface area contributed by atoms with E-state index in [2.05, 4.69) is 25.7 Å². The Kier molecular flexibility index (Phi) is 2.63. The van der Waals surface area contributed by atoms with Crippen LogP contribution in [0.4, 0.5) is 0 Å². The summed E-state index contributed by atoms with van der Waals surface area (Å²) in [5.74, 6) is 0. The zero-order chi connectivity index (χ0) is 10.2. The molecule has 82 valence electrons. The number of hydrogen-bond acceptors (Lipinski definition) is 1. The summed E-state index contributed by atoms with van der Waals surface area (Å²) in [6.45, 7) is 9.93. The molecule has 2 aliphatic heterocycles. The summed E-state index contributed by atoms with van der Waals surface area (Å²) in [7, 11) is 0. The number of piperidine rings is 1. The van der Waals surface area contributed by atoms with Gasteiger partial charge in [-0.05, 0) is 50.6 Å². The second kappa shape index (κ2) is 3.52. The van der Waals surface area contributed by atoms with Gasteiger partial charge >= 0.3 is 0 Å². The average Bonchev–Trinajstić information content (AvgIpc) is 2.43. The highest BCUT2D eigenvalue weighted by Gasteiger charge is 2.44. The van der Waals surface area contributed by atoms with Crippen LogP contribution in [0.5, 0.6) is 0 Å². The molecule has 1 atom stereocenters. The Bertz CT molecular complexity index is 204. The molecule has 2 saturated heterocycles. The first-order chi connectivity index (χ1) is 6.52. The summed E-state index contributed by atoms with van der Waals surface area (Å²) in [5, 5.41) is 0. The summed E-state index contributed by atoms with van der Waals surface area (Å²) in [5.41, 5.74) is 1.11. The van der Waals surface area contributed by atoms with Crippen LogP contribution in [0.25, 0.3) is 0 Å². The normalized spacial score (nSPS) is 34.5. The van der Waals surface area contributed by atoms with Crippen LogP contribution in [0, 0.1) is 5.41 Å². The molecule has 0 N–H and O–H groups in total. The average molecular weight is 195 g/mol. The lowest BCUT2D eigenvalue weighted by molar-refractivity contribution is 0.0502. The molecule has 1 nitrogen and oxygen atoms in total. The van der Waals surface area contributed by atoms with E-state index in [9.17, 15) is 0 Å². The minimum atomic E-state index is 0.500. The maximum absolute atomic E-state index is 2.79. The van der Waals surface area contributed by atoms with Crippen molar-refractivity contribution >= 4 is 0 Å². The van der Waals surface area contributed by atoms with Gasteiger partial charge in [0, 0.05) is 5.54 Å². The van der Waals surface area contributed by atoms with E-state index in [4.69, 9.17) is 0 Å². The van der Waals surface area contributed by atoms with Crippen LogP contribution in [-0.4, -0.2) is 23.5 Å². The second-order valence-corrected chi connectivity index (χ2v) is 6.51. The summed E-state index contributed by atoms with van der Waals surface area (Å²) in [6, 6.07) is 0. The number of fused-ring (bicyclic) bond motifs is 1. The fourth-order valence-corrected chi connectivity index (χ4v) is 3.66. The van der Waals surface area contributed by atoms with Crippen LogP contribution in [0.2, 0.25) is 0 Å². The topological polar surface area (TPSA) is 3.24 Å². The molecule has 2 aliphatic rings. The monoisotopic (exact) mass is 195 g/mol. The van der Waals surface area contributed by atoms with E-state index in [1.54, 1.807) is 0 Å². The van der Waals surface area contributed by atoms with Crippen molar-refractivity contribution in [1.82, 2.24) is 4.90 Å². The van der Waals surface area contributed by atoms with Crippen molar-refractivity contribution in [3.05, 3.63) is 0 Å². The third kappa shape index (κ3) is 1.98. The predicted octanol–water partition coefficient (Wildman–Crippen LogP) is 3.44. The van der Waals surface area contributed by atoms with Crippen LogP contribution in [0.15, 0.2) is 0 Å². The fraction of sp³-hybridized carbons (Fsp3) is 1.00. The molecule has 2 fully saturated rings. The highest BCUT2D eigenvalue weighted by atomic mass is 15.2. The van der Waals surface area contributed by atoms with Crippen molar-refractivity contribution in [2.45, 2.75) is 64.8 Å². The maximum Gasteiger partial charge on any atom is 0.0215 e. The number of hydrogen-bond donors (Lipinski definition) is 0. The third-order valence-corrected chi connectivity index (χ3v) is 3.92. The van der Waals surface area contributed by atoms with Gasteiger partial charge in [0.1, 0.15) is 0 Å². The Hall–Kier alpha value is -0.0400. The Labute approximate surface area is 88.9 Å². The van der Waals surface area contributed by atoms with Gasteiger partial charge in [0.15, 0.2) is 0 Å². The molecule has 0 aromatic carbocycles. The molecule has 0 bridgehead atoms. The molecule has 14 heavy (non-hydrogen) atoms. The zero-order valence-electron chi connectivity index (χ0n) is 10.1. The number of rotatable bonds is 1. The zero-order valence-corrected chi connectivity index (χ0v) is 10.1. The van der Waals surface area contributed by atoms with Gasteiger partial charge in [-0.1, -0.05) is 27.2 Å². The van der Waals surface area contributed by atoms with Crippen LogP contribution in [0.3, 0.4) is 0 Å². The lowest BCUT2D eigenvalue weighted by Crippen LogP contribution is -2.49. The van der Waals surface area contributed by atoms with Gasteiger partial charge in [0.25, 0.3) is 0 Å². The molecule has 0 aliphatic carbocycles. The van der Waals surface area contributed by atoms with Crippen molar-refractivity contribution in [3.8, 4) is 0 Å². The largest absolute Gasteiger partial charge is 0.298 e. The Morgan fingerprint density at radius 2 is 1.64 bits per heavy atom. The quantitative estimate of drug-likeness (QED) is 0.619. The molecule has 1 unspecified atom stereocenters. The molecule has 0 spiro atoms. The smallest absolute Gasteiger partial charge is 0.0215 e. The van der Waals surface area contributed by atoms with Gasteiger partial charge in [0.2, 0.25) is 0 Å². The number of nitrogens with zero attached hydrogens (tertiary/aromatic N) is 1. The lowest BCUT2D eigenvalue weighted by atomic mass is 9.74. The maximum atomic E-state index is 2.79. The van der Waals surface area contributed by atoms with Gasteiger partial charge in [-0.15, -0.1) is 0 Å². The first kappa shape index (κ1) is 10.5. The van der Waals surface area contributed by atoms with Crippen LogP contribution < -0.4 is 0 Å². The van der Waals surface area contributed by atoms with Crippen LogP contribution >= 0.6 is 0 Å². The highest BCUT2D eigenvalue weighted by Crippen LogP contribution is 2.44. The van der Waals surface area contributed by atoms with Gasteiger partial charge in [0.05, 0.1) is 0 Å². The van der Waals surface area contributed by atoms with E-state index in [0.717, 1.165) is 0 Å². The van der Waals surface area contributed by atoms with Crippen molar-refractivity contribution in [1.29, 1.82) is 0 Å². The minimum absolute atomic E-state index is 0.500. The van der Waals surface area contributed by atoms with Crippen LogP contribution in [0.1, 0.15) is 59.3 Å². The molecule has 1 heteroatoms. The van der Waals surface area contributed by atoms with Gasteiger partial charge in [-0.3, -0.25) is 4.90 Å². The van der Waals surface area contributed by atoms with E-state index in [0.29, 0.717) is 11.0 Å². The molecule has 2 heterocycles. The van der Waals surface area contributed by atoms with Crippen molar-refractivity contribution < 1.29 is 0 Å². The van der Waals surface area contributed by atoms with E-state index < -0.39 is 0 Å². The van der Waals surface area contributed by atoms with Crippen molar-refractivity contribution in [2.75, 3.05) is 13.1 Å². The summed E-state index contributed by atoms with van der Waals surface area (Å²) >= 11 is 0. The summed E-state index contributed by atoms with van der Waals surface area (Å²) in [4.78, 5) is 2.79. The second-order valence-electron chi connectivity index (χ2n) is 6.51. The predicted molar refractivity (Wildman–Crippen MR) is 61.5 cm³/mol. The van der Waals surface area contributed by atoms with Gasteiger partial charge in [-0.25, -0.2) is 0 Å². The van der Waals surface area contributed by atoms with Crippen molar-refractivity contribution in [2.24, 2.45) is 5.41 Å². The first-order valence-corrected chi connectivity index (χ1v) is 6.27. The highest BCUT2D eigenvalue weighted by molar-refractivity contribution is 5.00. The van der Waals surface area contributed by atoms with Gasteiger partial charge < -0.3 is 0 Å². The van der Waals surface area contributed by atoms with E-state index >= 15 is 0 Å². The Balaban J connectivity index is 2.10. The first-order valence-electron chi connectivity index (χ1n) is 6.27. The van der Waals surface area contributed by atoms with E-state index in [1.807, 2.05) is 0 Å². The Morgan fingerprint density at radius 3 is 2.36 bits per heavy atom. The van der Waals surface area contributed by atoms with Crippen molar-refractivity contribution in [3.63, 3.8) is 0 Å². The third-order valence-electron chi connectivity index (χ3n) is 3.92. The van der Waals surface area contributed by atoms with E-state index in [1.165, 1.54) is 51.6 Å². The van der Waals surface area contributed by atoms with Crippen LogP contribution in [-0.2, 0) is 0 Å². The van der Waals surface area contributed by atoms with Gasteiger partial charge in [-0.2, -0.15) is 0 Å². The minimum Gasteiger partial charge on any atom is -0.298 e. The van der Waals surface area contributed by atoms with E-state index in [-0.39, 0.29) is 0 Å². The molecule has 2 rings (SSSR count). The molecule has 0 saturated carbocycles.